The summed E-state index contributed by atoms with van der Waals surface area (Å²) in [7, 11) is 0. The van der Waals surface area contributed by atoms with Crippen LogP contribution < -0.4 is 16.0 Å². The molecule has 0 aliphatic heterocycles. The number of amides is 1. The van der Waals surface area contributed by atoms with E-state index in [1.165, 1.54) is 0 Å². The summed E-state index contributed by atoms with van der Waals surface area (Å²) in [4.78, 5) is 16.3. The molecule has 148 valence electrons. The van der Waals surface area contributed by atoms with Gasteiger partial charge in [0.25, 0.3) is 0 Å². The van der Waals surface area contributed by atoms with Crippen molar-refractivity contribution in [3.63, 3.8) is 0 Å². The van der Waals surface area contributed by atoms with Gasteiger partial charge in [0, 0.05) is 31.1 Å². The van der Waals surface area contributed by atoms with Crippen molar-refractivity contribution in [1.29, 1.82) is 0 Å². The fourth-order valence-electron chi connectivity index (χ4n) is 2.57. The Kier molecular flexibility index (Phi) is 8.65. The Balaban J connectivity index is 2.62. The van der Waals surface area contributed by atoms with Crippen molar-refractivity contribution in [3.8, 4) is 0 Å². The summed E-state index contributed by atoms with van der Waals surface area (Å²) in [6.07, 6.45) is 1.27. The van der Waals surface area contributed by atoms with Gasteiger partial charge in [0.1, 0.15) is 17.1 Å². The van der Waals surface area contributed by atoms with E-state index in [9.17, 15) is 9.90 Å². The first-order valence-electron chi connectivity index (χ1n) is 9.31. The molecule has 1 aromatic heterocycles. The average Bonchev–Trinajstić information content (AvgIpc) is 2.91. The van der Waals surface area contributed by atoms with Crippen molar-refractivity contribution >= 4 is 11.9 Å². The molecule has 0 spiro atoms. The third-order valence-electron chi connectivity index (χ3n) is 4.17. The van der Waals surface area contributed by atoms with Crippen molar-refractivity contribution in [1.82, 2.24) is 16.0 Å². The predicted molar refractivity (Wildman–Crippen MR) is 104 cm³/mol. The van der Waals surface area contributed by atoms with Crippen LogP contribution in [0.15, 0.2) is 15.5 Å². The molecule has 1 amide bonds. The molecule has 1 heterocycles. The van der Waals surface area contributed by atoms with Gasteiger partial charge in [0.2, 0.25) is 5.91 Å². The summed E-state index contributed by atoms with van der Waals surface area (Å²) in [5.41, 5.74) is -0.388. The molecule has 1 aromatic rings. The summed E-state index contributed by atoms with van der Waals surface area (Å²) in [6.45, 7) is 12.7. The third kappa shape index (κ3) is 7.07. The van der Waals surface area contributed by atoms with Crippen LogP contribution in [0.3, 0.4) is 0 Å². The minimum atomic E-state index is -1.13. The second-order valence-electron chi connectivity index (χ2n) is 6.85. The summed E-state index contributed by atoms with van der Waals surface area (Å²) < 4.78 is 5.50. The van der Waals surface area contributed by atoms with E-state index in [0.717, 1.165) is 17.7 Å². The molecule has 1 rings (SSSR count). The normalized spacial score (nSPS) is 15.3. The number of hydrogen-bond donors (Lipinski definition) is 4. The van der Waals surface area contributed by atoms with Crippen molar-refractivity contribution < 1.29 is 14.3 Å². The highest BCUT2D eigenvalue weighted by molar-refractivity contribution is 5.81. The molecule has 7 nitrogen and oxygen atoms in total. The lowest BCUT2D eigenvalue weighted by Crippen LogP contribution is -2.41. The van der Waals surface area contributed by atoms with Crippen LogP contribution in [0.25, 0.3) is 0 Å². The summed E-state index contributed by atoms with van der Waals surface area (Å²) in [5.74, 6) is 2.04. The summed E-state index contributed by atoms with van der Waals surface area (Å²) in [6, 6.07) is 2.02. The Labute approximate surface area is 156 Å². The van der Waals surface area contributed by atoms with Crippen LogP contribution in [-0.4, -0.2) is 42.6 Å². The van der Waals surface area contributed by atoms with Crippen molar-refractivity contribution in [2.24, 2.45) is 4.99 Å². The molecule has 0 radical (unpaired) electrons. The first-order valence-corrected chi connectivity index (χ1v) is 9.31. The number of nitrogens with one attached hydrogen (secondary N) is 3. The number of nitrogens with zero attached hydrogens (tertiary/aromatic N) is 1. The molecule has 0 aliphatic carbocycles. The Morgan fingerprint density at radius 2 is 2.04 bits per heavy atom. The average molecular weight is 367 g/mol. The van der Waals surface area contributed by atoms with Gasteiger partial charge in [-0.25, -0.2) is 4.99 Å². The molecule has 2 atom stereocenters. The number of aliphatic imine (C=N–C) groups is 1. The Morgan fingerprint density at radius 1 is 1.35 bits per heavy atom. The second kappa shape index (κ2) is 10.2. The van der Waals surface area contributed by atoms with Crippen LogP contribution >= 0.6 is 0 Å². The molecule has 26 heavy (non-hydrogen) atoms. The Bertz CT molecular complexity index is 608. The van der Waals surface area contributed by atoms with Crippen LogP contribution in [0, 0.1) is 13.8 Å². The minimum Gasteiger partial charge on any atom is -0.466 e. The first-order chi connectivity index (χ1) is 12.2. The van der Waals surface area contributed by atoms with E-state index in [1.54, 1.807) is 6.92 Å². The van der Waals surface area contributed by atoms with Gasteiger partial charge >= 0.3 is 0 Å². The van der Waals surface area contributed by atoms with Gasteiger partial charge in [0.05, 0.1) is 6.54 Å². The molecular formula is C19H34N4O3. The van der Waals surface area contributed by atoms with Gasteiger partial charge in [-0.15, -0.1) is 0 Å². The molecule has 4 N–H and O–H groups in total. The molecule has 0 bridgehead atoms. The minimum absolute atomic E-state index is 0.0131. The lowest BCUT2D eigenvalue weighted by Gasteiger charge is -2.21. The summed E-state index contributed by atoms with van der Waals surface area (Å²) in [5, 5.41) is 19.9. The number of aryl methyl sites for hydroxylation is 2. The molecule has 0 saturated carbocycles. The van der Waals surface area contributed by atoms with E-state index in [2.05, 4.69) is 20.9 Å². The number of hydrogen-bond acceptors (Lipinski definition) is 4. The van der Waals surface area contributed by atoms with E-state index < -0.39 is 5.60 Å². The van der Waals surface area contributed by atoms with Gasteiger partial charge in [-0.1, -0.05) is 6.92 Å². The Morgan fingerprint density at radius 3 is 2.58 bits per heavy atom. The van der Waals surface area contributed by atoms with Crippen LogP contribution in [0.1, 0.15) is 57.6 Å². The zero-order valence-electron chi connectivity index (χ0n) is 16.9. The van der Waals surface area contributed by atoms with Gasteiger partial charge in [-0.05, 0) is 47.1 Å². The molecule has 0 saturated heterocycles. The van der Waals surface area contributed by atoms with Gasteiger partial charge < -0.3 is 25.5 Å². The van der Waals surface area contributed by atoms with Crippen LogP contribution in [0.5, 0.6) is 0 Å². The second-order valence-corrected chi connectivity index (χ2v) is 6.85. The van der Waals surface area contributed by atoms with Crippen LogP contribution in [-0.2, 0) is 10.4 Å². The lowest BCUT2D eigenvalue weighted by atomic mass is 9.96. The van der Waals surface area contributed by atoms with Gasteiger partial charge in [-0.3, -0.25) is 4.79 Å². The smallest absolute Gasteiger partial charge is 0.221 e. The highest BCUT2D eigenvalue weighted by atomic mass is 16.3. The monoisotopic (exact) mass is 366 g/mol. The number of carbonyl (C=O) groups is 1. The zero-order chi connectivity index (χ0) is 19.7. The number of carbonyl (C=O) groups excluding carboxylic acids is 1. The largest absolute Gasteiger partial charge is 0.466 e. The van der Waals surface area contributed by atoms with Crippen molar-refractivity contribution in [3.05, 3.63) is 23.2 Å². The topological polar surface area (TPSA) is 98.9 Å². The number of rotatable bonds is 9. The van der Waals surface area contributed by atoms with Crippen LogP contribution in [0.2, 0.25) is 0 Å². The third-order valence-corrected chi connectivity index (χ3v) is 4.17. The molecule has 7 heteroatoms. The maximum absolute atomic E-state index is 11.8. The SMILES string of the molecule is CCNC(=NCC(C)(O)c1cc(C)oc1C)NCCC(=O)NC(C)CC. The quantitative estimate of drug-likeness (QED) is 0.396. The van der Waals surface area contributed by atoms with Gasteiger partial charge in [0.15, 0.2) is 5.96 Å². The van der Waals surface area contributed by atoms with Crippen molar-refractivity contribution in [2.75, 3.05) is 19.6 Å². The van der Waals surface area contributed by atoms with E-state index in [0.29, 0.717) is 31.2 Å². The van der Waals surface area contributed by atoms with E-state index in [-0.39, 0.29) is 18.5 Å². The fourth-order valence-corrected chi connectivity index (χ4v) is 2.57. The Hall–Kier alpha value is -2.02. The maximum atomic E-state index is 11.8. The number of aliphatic hydroxyl groups is 1. The highest BCUT2D eigenvalue weighted by Crippen LogP contribution is 2.27. The lowest BCUT2D eigenvalue weighted by molar-refractivity contribution is -0.121. The van der Waals surface area contributed by atoms with Crippen molar-refractivity contribution in [2.45, 2.75) is 66.0 Å². The first kappa shape index (κ1) is 22.0. The molecular weight excluding hydrogens is 332 g/mol. The molecule has 0 aliphatic rings. The van der Waals surface area contributed by atoms with E-state index >= 15 is 0 Å². The molecule has 0 aromatic carbocycles. The standard InChI is InChI=1S/C19H34N4O3/c1-7-13(3)23-17(24)9-10-21-18(20-8-2)22-12-19(6,25)16-11-14(4)26-15(16)5/h11,13,25H,7-10,12H2,1-6H3,(H,23,24)(H2,20,21,22). The number of furan rings is 1. The van der Waals surface area contributed by atoms with E-state index in [4.69, 9.17) is 4.42 Å². The predicted octanol–water partition coefficient (Wildman–Crippen LogP) is 1.96. The fraction of sp³-hybridized carbons (Fsp3) is 0.684. The van der Waals surface area contributed by atoms with Crippen LogP contribution in [0.4, 0.5) is 0 Å². The zero-order valence-corrected chi connectivity index (χ0v) is 16.9. The number of guanidine groups is 1. The summed E-state index contributed by atoms with van der Waals surface area (Å²) >= 11 is 0. The maximum Gasteiger partial charge on any atom is 0.221 e. The van der Waals surface area contributed by atoms with E-state index in [1.807, 2.05) is 40.7 Å². The molecule has 0 fully saturated rings. The van der Waals surface area contributed by atoms with Gasteiger partial charge in [-0.2, -0.15) is 0 Å². The molecule has 2 unspecified atom stereocenters. The highest BCUT2D eigenvalue weighted by Gasteiger charge is 2.27.